The summed E-state index contributed by atoms with van der Waals surface area (Å²) in [6.45, 7) is 4.51. The van der Waals surface area contributed by atoms with E-state index in [4.69, 9.17) is 9.57 Å². The largest absolute Gasteiger partial charge is 0.350 e. The second-order valence-corrected chi connectivity index (χ2v) is 12.6. The average molecular weight is 587 g/mol. The summed E-state index contributed by atoms with van der Waals surface area (Å²) in [6, 6.07) is 13.2. The summed E-state index contributed by atoms with van der Waals surface area (Å²) in [5.74, 6) is -2.58. The molecule has 0 aliphatic carbocycles. The van der Waals surface area contributed by atoms with Crippen molar-refractivity contribution in [3.8, 4) is 0 Å². The number of aromatic nitrogens is 1. The Kier molecular flexibility index (Phi) is 12.9. The topological polar surface area (TPSA) is 127 Å². The van der Waals surface area contributed by atoms with E-state index < -0.39 is 40.0 Å². The van der Waals surface area contributed by atoms with E-state index in [1.165, 1.54) is 0 Å². The molecule has 1 saturated heterocycles. The number of rotatable bonds is 15. The van der Waals surface area contributed by atoms with Crippen LogP contribution in [0.3, 0.4) is 0 Å². The van der Waals surface area contributed by atoms with Gasteiger partial charge in [0.25, 0.3) is 0 Å². The Bertz CT molecular complexity index is 1220. The molecule has 3 atom stereocenters. The molecule has 1 aromatic heterocycles. The monoisotopic (exact) mass is 586 g/mol. The number of sulfonamides is 1. The van der Waals surface area contributed by atoms with Crippen LogP contribution in [0.4, 0.5) is 0 Å². The lowest BCUT2D eigenvalue weighted by atomic mass is 9.82. The van der Waals surface area contributed by atoms with Gasteiger partial charge in [0.1, 0.15) is 0 Å². The van der Waals surface area contributed by atoms with Crippen molar-refractivity contribution in [1.29, 1.82) is 0 Å². The van der Waals surface area contributed by atoms with Gasteiger partial charge >= 0.3 is 0 Å². The molecule has 0 spiro atoms. The number of carbonyl (C=O) groups excluding carboxylic acids is 2. The third-order valence-electron chi connectivity index (χ3n) is 6.80. The second kappa shape index (κ2) is 16.4. The minimum Gasteiger partial charge on any atom is -0.350 e. The van der Waals surface area contributed by atoms with Crippen LogP contribution in [0.25, 0.3) is 6.08 Å². The van der Waals surface area contributed by atoms with Crippen molar-refractivity contribution in [2.75, 3.05) is 19.4 Å². The number of nitrogens with zero attached hydrogens (tertiary/aromatic N) is 2. The molecule has 1 aromatic carbocycles. The quantitative estimate of drug-likeness (QED) is 0.303. The van der Waals surface area contributed by atoms with E-state index >= 15 is 0 Å². The Labute approximate surface area is 243 Å². The van der Waals surface area contributed by atoms with Gasteiger partial charge in [0.15, 0.2) is 6.29 Å². The molecule has 0 bridgehead atoms. The lowest BCUT2D eigenvalue weighted by Gasteiger charge is -2.30. The lowest BCUT2D eigenvalue weighted by molar-refractivity contribution is -0.203. The standard InChI is InChI=1S/C30H42N4O6S/c1-23(2)22-27(29(35)32-34(41(3,37)38)20-17-25-15-18-31-19-16-25)26(13-9-12-24-10-5-4-6-11-24)30(36)33-40-28-14-7-8-21-39-28/h4-6,9-12,15-16,18-19,23,26-28H,7-8,13-14,17,20-22H2,1-3H3,(H,32,35)(H,33,36)/b12-9+/t26-,27+,28?/m0/s1. The molecule has 1 aliphatic heterocycles. The SMILES string of the molecule is CC(C)C[C@@H](C(=O)NN(CCc1ccncc1)S(C)(=O)=O)[C@H](C/C=C/c1ccccc1)C(=O)NOC1CCCCO1. The van der Waals surface area contributed by atoms with Gasteiger partial charge in [-0.15, -0.1) is 4.41 Å². The molecule has 3 rings (SSSR count). The number of hydrogen-bond acceptors (Lipinski definition) is 7. The molecule has 1 fully saturated rings. The minimum absolute atomic E-state index is 0.0376. The van der Waals surface area contributed by atoms with E-state index in [2.05, 4.69) is 15.9 Å². The van der Waals surface area contributed by atoms with Crippen molar-refractivity contribution < 1.29 is 27.6 Å². The summed E-state index contributed by atoms with van der Waals surface area (Å²) in [5.41, 5.74) is 6.97. The van der Waals surface area contributed by atoms with Crippen LogP contribution >= 0.6 is 0 Å². The number of hydrogen-bond donors (Lipinski definition) is 2. The van der Waals surface area contributed by atoms with Crippen LogP contribution in [0, 0.1) is 17.8 Å². The molecule has 1 aliphatic rings. The van der Waals surface area contributed by atoms with E-state index in [1.54, 1.807) is 24.5 Å². The van der Waals surface area contributed by atoms with Gasteiger partial charge in [0.05, 0.1) is 18.1 Å². The van der Waals surface area contributed by atoms with Crippen LogP contribution in [-0.4, -0.2) is 55.3 Å². The van der Waals surface area contributed by atoms with E-state index in [9.17, 15) is 18.0 Å². The van der Waals surface area contributed by atoms with Gasteiger partial charge in [-0.3, -0.25) is 20.0 Å². The third kappa shape index (κ3) is 11.3. The van der Waals surface area contributed by atoms with Crippen LogP contribution in [0.15, 0.2) is 60.9 Å². The Balaban J connectivity index is 1.80. The minimum atomic E-state index is -3.79. The zero-order valence-corrected chi connectivity index (χ0v) is 24.9. The van der Waals surface area contributed by atoms with Crippen molar-refractivity contribution in [1.82, 2.24) is 20.3 Å². The molecule has 1 unspecified atom stereocenters. The van der Waals surface area contributed by atoms with Gasteiger partial charge in [-0.1, -0.05) is 56.3 Å². The molecule has 2 heterocycles. The first-order valence-electron chi connectivity index (χ1n) is 14.1. The molecule has 11 heteroatoms. The molecule has 0 radical (unpaired) electrons. The number of carbonyl (C=O) groups is 2. The number of amides is 2. The predicted octanol–water partition coefficient (Wildman–Crippen LogP) is 3.87. The molecule has 2 N–H and O–H groups in total. The van der Waals surface area contributed by atoms with E-state index in [0.717, 1.165) is 34.6 Å². The normalized spacial score (nSPS) is 17.4. The summed E-state index contributed by atoms with van der Waals surface area (Å²) >= 11 is 0. The second-order valence-electron chi connectivity index (χ2n) is 10.7. The predicted molar refractivity (Wildman–Crippen MR) is 157 cm³/mol. The molecule has 10 nitrogen and oxygen atoms in total. The fourth-order valence-corrected chi connectivity index (χ4v) is 5.30. The highest BCUT2D eigenvalue weighted by Gasteiger charge is 2.36. The summed E-state index contributed by atoms with van der Waals surface area (Å²) in [4.78, 5) is 36.8. The van der Waals surface area contributed by atoms with Crippen molar-refractivity contribution in [2.45, 2.75) is 58.7 Å². The van der Waals surface area contributed by atoms with E-state index in [-0.39, 0.29) is 18.9 Å². The summed E-state index contributed by atoms with van der Waals surface area (Å²) in [7, 11) is -3.79. The number of allylic oxidation sites excluding steroid dienone is 1. The van der Waals surface area contributed by atoms with Gasteiger partial charge < -0.3 is 4.74 Å². The van der Waals surface area contributed by atoms with Gasteiger partial charge in [0, 0.05) is 32.0 Å². The Morgan fingerprint density at radius 3 is 2.46 bits per heavy atom. The highest BCUT2D eigenvalue weighted by molar-refractivity contribution is 7.88. The first-order chi connectivity index (χ1) is 19.6. The van der Waals surface area contributed by atoms with Crippen molar-refractivity contribution in [3.05, 3.63) is 72.1 Å². The molecular formula is C30H42N4O6S. The van der Waals surface area contributed by atoms with E-state index in [0.29, 0.717) is 25.9 Å². The van der Waals surface area contributed by atoms with Crippen LogP contribution < -0.4 is 10.9 Å². The van der Waals surface area contributed by atoms with Crippen LogP contribution in [0.1, 0.15) is 57.1 Å². The van der Waals surface area contributed by atoms with Crippen molar-refractivity contribution >= 4 is 27.9 Å². The molecule has 2 aromatic rings. The maximum Gasteiger partial charge on any atom is 0.247 e. The Morgan fingerprint density at radius 1 is 1.10 bits per heavy atom. The third-order valence-corrected chi connectivity index (χ3v) is 7.88. The maximum atomic E-state index is 13.7. The van der Waals surface area contributed by atoms with E-state index in [1.807, 2.05) is 56.3 Å². The molecule has 0 saturated carbocycles. The highest BCUT2D eigenvalue weighted by atomic mass is 32.2. The summed E-state index contributed by atoms with van der Waals surface area (Å²) in [5, 5.41) is 0. The van der Waals surface area contributed by atoms with Crippen LogP contribution in [0.5, 0.6) is 0 Å². The summed E-state index contributed by atoms with van der Waals surface area (Å²) < 4.78 is 31.7. The van der Waals surface area contributed by atoms with Gasteiger partial charge in [0.2, 0.25) is 21.8 Å². The van der Waals surface area contributed by atoms with Crippen LogP contribution in [-0.2, 0) is 35.6 Å². The lowest BCUT2D eigenvalue weighted by Crippen LogP contribution is -2.51. The molecular weight excluding hydrogens is 544 g/mol. The number of hydrazine groups is 1. The number of ether oxygens (including phenoxy) is 1. The first kappa shape index (κ1) is 32.4. The molecule has 2 amide bonds. The number of benzene rings is 1. The number of nitrogens with one attached hydrogen (secondary N) is 2. The van der Waals surface area contributed by atoms with Crippen molar-refractivity contribution in [2.24, 2.45) is 17.8 Å². The highest BCUT2D eigenvalue weighted by Crippen LogP contribution is 2.26. The molecule has 41 heavy (non-hydrogen) atoms. The number of hydroxylamine groups is 1. The smallest absolute Gasteiger partial charge is 0.247 e. The Morgan fingerprint density at radius 2 is 1.83 bits per heavy atom. The average Bonchev–Trinajstić information content (AvgIpc) is 2.96. The zero-order valence-electron chi connectivity index (χ0n) is 24.1. The Hall–Kier alpha value is -3.12. The van der Waals surface area contributed by atoms with Crippen LogP contribution in [0.2, 0.25) is 0 Å². The zero-order chi connectivity index (χ0) is 29.7. The number of pyridine rings is 1. The van der Waals surface area contributed by atoms with Crippen molar-refractivity contribution in [3.63, 3.8) is 0 Å². The van der Waals surface area contributed by atoms with Gasteiger partial charge in [-0.2, -0.15) is 0 Å². The summed E-state index contributed by atoms with van der Waals surface area (Å²) in [6.07, 6.45) is 11.0. The fraction of sp³-hybridized carbons (Fsp3) is 0.500. The van der Waals surface area contributed by atoms with Gasteiger partial charge in [-0.05, 0) is 61.3 Å². The first-order valence-corrected chi connectivity index (χ1v) is 15.9. The maximum absolute atomic E-state index is 13.7. The molecule has 224 valence electrons. The van der Waals surface area contributed by atoms with Gasteiger partial charge in [-0.25, -0.2) is 18.7 Å². The fourth-order valence-electron chi connectivity index (χ4n) is 4.62.